The van der Waals surface area contributed by atoms with Gasteiger partial charge in [0.1, 0.15) is 18.0 Å². The Morgan fingerprint density at radius 1 is 0.719 bits per heavy atom. The Morgan fingerprint density at radius 3 is 1.69 bits per heavy atom. The van der Waals surface area contributed by atoms with E-state index in [2.05, 4.69) is 18.7 Å². The van der Waals surface area contributed by atoms with Crippen LogP contribution >= 0.6 is 0 Å². The number of halogens is 3. The van der Waals surface area contributed by atoms with Crippen LogP contribution in [0.5, 0.6) is 5.75 Å². The number of hydrogen-bond acceptors (Lipinski definition) is 3. The Balaban J connectivity index is 1.90. The van der Waals surface area contributed by atoms with Gasteiger partial charge in [-0.25, -0.2) is 0 Å². The lowest BCUT2D eigenvalue weighted by atomic mass is 9.80. The molecule has 0 fully saturated rings. The zero-order chi connectivity index (χ0) is 23.2. The zero-order valence-corrected chi connectivity index (χ0v) is 18.3. The molecule has 0 heterocycles. The molecule has 0 amide bonds. The molecule has 0 saturated carbocycles. The zero-order valence-electron chi connectivity index (χ0n) is 18.3. The van der Waals surface area contributed by atoms with Crippen LogP contribution in [0.2, 0.25) is 0 Å². The third-order valence-electron chi connectivity index (χ3n) is 5.66. The molecule has 3 aromatic rings. The van der Waals surface area contributed by atoms with Gasteiger partial charge in [0, 0.05) is 6.54 Å². The van der Waals surface area contributed by atoms with E-state index in [9.17, 15) is 18.3 Å². The van der Waals surface area contributed by atoms with Gasteiger partial charge in [-0.1, -0.05) is 68.4 Å². The summed E-state index contributed by atoms with van der Waals surface area (Å²) in [6, 6.07) is 20.6. The minimum atomic E-state index is -4.44. The van der Waals surface area contributed by atoms with Gasteiger partial charge in [0.05, 0.1) is 5.56 Å². The Morgan fingerprint density at radius 2 is 1.19 bits per heavy atom. The first-order chi connectivity index (χ1) is 15.3. The first-order valence-corrected chi connectivity index (χ1v) is 10.7. The Labute approximate surface area is 187 Å². The Kier molecular flexibility index (Phi) is 7.59. The first kappa shape index (κ1) is 23.8. The highest BCUT2D eigenvalue weighted by molar-refractivity contribution is 5.48. The molecule has 0 saturated heterocycles. The number of hydrogen-bond donors (Lipinski definition) is 1. The van der Waals surface area contributed by atoms with Crippen molar-refractivity contribution in [3.63, 3.8) is 0 Å². The number of rotatable bonds is 9. The van der Waals surface area contributed by atoms with Gasteiger partial charge >= 0.3 is 6.18 Å². The molecule has 0 aliphatic rings. The van der Waals surface area contributed by atoms with Crippen molar-refractivity contribution < 1.29 is 23.0 Å². The Bertz CT molecular complexity index is 969. The van der Waals surface area contributed by atoms with Crippen molar-refractivity contribution in [3.05, 3.63) is 101 Å². The van der Waals surface area contributed by atoms with Crippen LogP contribution < -0.4 is 4.74 Å². The maximum atomic E-state index is 13.0. The number of likely N-dealkylation sites (N-methyl/N-ethyl adjacent to an activating group) is 1. The minimum Gasteiger partial charge on any atom is -0.492 e. The summed E-state index contributed by atoms with van der Waals surface area (Å²) in [5.41, 5.74) is -0.902. The average molecular weight is 444 g/mol. The lowest BCUT2D eigenvalue weighted by Crippen LogP contribution is -2.29. The SMILES string of the molecule is CCN(CC)CCOc1ccc(C(O)(c2ccccc2)c2ccc(C(F)(F)F)cc2)cc1. The van der Waals surface area contributed by atoms with E-state index in [1.54, 1.807) is 48.5 Å². The second kappa shape index (κ2) is 10.2. The highest BCUT2D eigenvalue weighted by Gasteiger charge is 2.35. The van der Waals surface area contributed by atoms with Gasteiger partial charge < -0.3 is 14.7 Å². The topological polar surface area (TPSA) is 32.7 Å². The number of benzene rings is 3. The summed E-state index contributed by atoms with van der Waals surface area (Å²) >= 11 is 0. The molecule has 0 bridgehead atoms. The van der Waals surface area contributed by atoms with E-state index in [1.807, 2.05) is 6.07 Å². The fourth-order valence-corrected chi connectivity index (χ4v) is 3.70. The molecule has 1 N–H and O–H groups in total. The summed E-state index contributed by atoms with van der Waals surface area (Å²) < 4.78 is 44.9. The molecular weight excluding hydrogens is 415 g/mol. The van der Waals surface area contributed by atoms with E-state index < -0.39 is 17.3 Å². The molecule has 0 spiro atoms. The van der Waals surface area contributed by atoms with Gasteiger partial charge in [-0.05, 0) is 54.0 Å². The van der Waals surface area contributed by atoms with Crippen LogP contribution in [0.15, 0.2) is 78.9 Å². The summed E-state index contributed by atoms with van der Waals surface area (Å²) in [4.78, 5) is 2.26. The van der Waals surface area contributed by atoms with Gasteiger partial charge in [0.2, 0.25) is 0 Å². The fraction of sp³-hybridized carbons (Fsp3) is 0.308. The number of ether oxygens (including phenoxy) is 1. The maximum absolute atomic E-state index is 13.0. The third kappa shape index (κ3) is 5.31. The lowest BCUT2D eigenvalue weighted by molar-refractivity contribution is -0.137. The van der Waals surface area contributed by atoms with Gasteiger partial charge in [0.15, 0.2) is 0 Å². The van der Waals surface area contributed by atoms with E-state index in [-0.39, 0.29) is 0 Å². The number of aliphatic hydroxyl groups is 1. The van der Waals surface area contributed by atoms with Crippen molar-refractivity contribution >= 4 is 0 Å². The number of alkyl halides is 3. The van der Waals surface area contributed by atoms with Crippen LogP contribution in [-0.4, -0.2) is 36.2 Å². The quantitative estimate of drug-likeness (QED) is 0.430. The van der Waals surface area contributed by atoms with Gasteiger partial charge in [0.25, 0.3) is 0 Å². The van der Waals surface area contributed by atoms with E-state index in [0.29, 0.717) is 29.0 Å². The lowest BCUT2D eigenvalue weighted by Gasteiger charge is -2.30. The van der Waals surface area contributed by atoms with Gasteiger partial charge in [-0.2, -0.15) is 13.2 Å². The fourth-order valence-electron chi connectivity index (χ4n) is 3.70. The van der Waals surface area contributed by atoms with E-state index >= 15 is 0 Å². The molecule has 0 aliphatic carbocycles. The highest BCUT2D eigenvalue weighted by Crippen LogP contribution is 2.38. The summed E-state index contributed by atoms with van der Waals surface area (Å²) in [5.74, 6) is 0.670. The van der Waals surface area contributed by atoms with Crippen molar-refractivity contribution in [1.29, 1.82) is 0 Å². The largest absolute Gasteiger partial charge is 0.492 e. The van der Waals surface area contributed by atoms with E-state index in [1.165, 1.54) is 12.1 Å². The minimum absolute atomic E-state index is 0.354. The second-order valence-electron chi connectivity index (χ2n) is 7.55. The summed E-state index contributed by atoms with van der Waals surface area (Å²) in [6.45, 7) is 7.47. The van der Waals surface area contributed by atoms with Gasteiger partial charge in [-0.3, -0.25) is 0 Å². The molecule has 3 nitrogen and oxygen atoms in total. The van der Waals surface area contributed by atoms with Crippen molar-refractivity contribution in [2.24, 2.45) is 0 Å². The normalized spacial score (nSPS) is 13.7. The van der Waals surface area contributed by atoms with Crippen LogP contribution in [0.1, 0.15) is 36.1 Å². The molecule has 0 aromatic heterocycles. The van der Waals surface area contributed by atoms with E-state index in [4.69, 9.17) is 4.74 Å². The predicted molar refractivity (Wildman–Crippen MR) is 120 cm³/mol. The molecule has 6 heteroatoms. The van der Waals surface area contributed by atoms with Crippen LogP contribution in [0.4, 0.5) is 13.2 Å². The molecule has 1 atom stereocenters. The van der Waals surface area contributed by atoms with Crippen molar-refractivity contribution in [2.45, 2.75) is 25.6 Å². The van der Waals surface area contributed by atoms with Gasteiger partial charge in [-0.15, -0.1) is 0 Å². The molecule has 3 rings (SSSR count). The Hall–Kier alpha value is -2.83. The third-order valence-corrected chi connectivity index (χ3v) is 5.66. The molecule has 170 valence electrons. The average Bonchev–Trinajstić information content (AvgIpc) is 2.82. The molecular formula is C26H28F3NO2. The van der Waals surface area contributed by atoms with E-state index in [0.717, 1.165) is 31.8 Å². The molecule has 1 unspecified atom stereocenters. The maximum Gasteiger partial charge on any atom is 0.416 e. The van der Waals surface area contributed by atoms with Crippen LogP contribution in [0.3, 0.4) is 0 Å². The number of nitrogens with zero attached hydrogens (tertiary/aromatic N) is 1. The standard InChI is InChI=1S/C26H28F3NO2/c1-3-30(4-2)18-19-32-24-16-14-22(15-17-24)25(31,20-8-6-5-7-9-20)21-10-12-23(13-11-21)26(27,28)29/h5-17,31H,3-4,18-19H2,1-2H3. The molecule has 0 radical (unpaired) electrons. The molecule has 0 aliphatic heterocycles. The second-order valence-corrected chi connectivity index (χ2v) is 7.55. The van der Waals surface area contributed by atoms with Crippen LogP contribution in [0, 0.1) is 0 Å². The first-order valence-electron chi connectivity index (χ1n) is 10.7. The summed E-state index contributed by atoms with van der Waals surface area (Å²) in [6.07, 6.45) is -4.44. The van der Waals surface area contributed by atoms with Crippen molar-refractivity contribution in [3.8, 4) is 5.75 Å². The summed E-state index contributed by atoms with van der Waals surface area (Å²) in [5, 5.41) is 11.8. The summed E-state index contributed by atoms with van der Waals surface area (Å²) in [7, 11) is 0. The predicted octanol–water partition coefficient (Wildman–Crippen LogP) is 5.71. The van der Waals surface area contributed by atoms with Crippen LogP contribution in [0.25, 0.3) is 0 Å². The molecule has 3 aromatic carbocycles. The van der Waals surface area contributed by atoms with Crippen molar-refractivity contribution in [1.82, 2.24) is 4.90 Å². The monoisotopic (exact) mass is 443 g/mol. The van der Waals surface area contributed by atoms with Crippen LogP contribution in [-0.2, 0) is 11.8 Å². The highest BCUT2D eigenvalue weighted by atomic mass is 19.4. The smallest absolute Gasteiger partial charge is 0.416 e. The van der Waals surface area contributed by atoms with Crippen molar-refractivity contribution in [2.75, 3.05) is 26.2 Å². The molecule has 32 heavy (non-hydrogen) atoms.